The SMILES string of the molecule is O=C(Cn1nnc(-c2ccccc2-n2cnnn2)n1)NC1CCCC1. The molecule has 0 saturated heterocycles. The normalized spacial score (nSPS) is 14.7. The largest absolute Gasteiger partial charge is 0.352 e. The zero-order chi connectivity index (χ0) is 17.1. The van der Waals surface area contributed by atoms with Crippen LogP contribution in [0.5, 0.6) is 0 Å². The first-order valence-electron chi connectivity index (χ1n) is 8.19. The third-order valence-electron chi connectivity index (χ3n) is 4.20. The van der Waals surface area contributed by atoms with Gasteiger partial charge in [-0.15, -0.1) is 15.3 Å². The van der Waals surface area contributed by atoms with Gasteiger partial charge in [0.05, 0.1) is 5.69 Å². The van der Waals surface area contributed by atoms with Crippen molar-refractivity contribution in [1.29, 1.82) is 0 Å². The lowest BCUT2D eigenvalue weighted by molar-refractivity contribution is -0.122. The van der Waals surface area contributed by atoms with Crippen LogP contribution >= 0.6 is 0 Å². The van der Waals surface area contributed by atoms with Crippen LogP contribution in [0.3, 0.4) is 0 Å². The van der Waals surface area contributed by atoms with E-state index in [1.54, 1.807) is 0 Å². The van der Waals surface area contributed by atoms with E-state index < -0.39 is 0 Å². The Balaban J connectivity index is 1.51. The molecule has 2 heterocycles. The van der Waals surface area contributed by atoms with Crippen molar-refractivity contribution in [2.45, 2.75) is 38.3 Å². The van der Waals surface area contributed by atoms with Gasteiger partial charge in [0.1, 0.15) is 12.9 Å². The fourth-order valence-electron chi connectivity index (χ4n) is 3.02. The molecule has 0 spiro atoms. The van der Waals surface area contributed by atoms with E-state index in [0.29, 0.717) is 5.82 Å². The standard InChI is InChI=1S/C15H17N9O/c25-14(17-11-5-1-2-6-11)9-24-19-15(18-21-24)12-7-3-4-8-13(12)23-10-16-20-22-23/h3-4,7-8,10-11H,1-2,5-6,9H2,(H,17,25). The lowest BCUT2D eigenvalue weighted by Crippen LogP contribution is -2.35. The zero-order valence-electron chi connectivity index (χ0n) is 13.5. The molecule has 2 aromatic heterocycles. The van der Waals surface area contributed by atoms with Crippen molar-refractivity contribution in [2.75, 3.05) is 0 Å². The summed E-state index contributed by atoms with van der Waals surface area (Å²) in [7, 11) is 0. The Bertz CT molecular complexity index is 852. The highest BCUT2D eigenvalue weighted by Gasteiger charge is 2.18. The number of benzene rings is 1. The summed E-state index contributed by atoms with van der Waals surface area (Å²) in [4.78, 5) is 13.4. The molecule has 128 valence electrons. The van der Waals surface area contributed by atoms with Gasteiger partial charge in [-0.1, -0.05) is 25.0 Å². The number of nitrogens with one attached hydrogen (secondary N) is 1. The van der Waals surface area contributed by atoms with Crippen LogP contribution in [0.2, 0.25) is 0 Å². The van der Waals surface area contributed by atoms with E-state index in [1.807, 2.05) is 24.3 Å². The zero-order valence-corrected chi connectivity index (χ0v) is 13.5. The number of hydrogen-bond donors (Lipinski definition) is 1. The van der Waals surface area contributed by atoms with Gasteiger partial charge in [0.15, 0.2) is 0 Å². The summed E-state index contributed by atoms with van der Waals surface area (Å²) in [5, 5.41) is 26.6. The summed E-state index contributed by atoms with van der Waals surface area (Å²) in [6, 6.07) is 7.74. The van der Waals surface area contributed by atoms with Crippen LogP contribution in [0.4, 0.5) is 0 Å². The molecule has 1 fully saturated rings. The van der Waals surface area contributed by atoms with Gasteiger partial charge < -0.3 is 5.32 Å². The highest BCUT2D eigenvalue weighted by atomic mass is 16.2. The Morgan fingerprint density at radius 2 is 2.04 bits per heavy atom. The third-order valence-corrected chi connectivity index (χ3v) is 4.20. The molecule has 10 heteroatoms. The van der Waals surface area contributed by atoms with Crippen molar-refractivity contribution >= 4 is 5.91 Å². The molecule has 1 saturated carbocycles. The molecule has 1 amide bonds. The van der Waals surface area contributed by atoms with E-state index in [4.69, 9.17) is 0 Å². The number of carbonyl (C=O) groups excluding carboxylic acids is 1. The quantitative estimate of drug-likeness (QED) is 0.714. The molecular formula is C15H17N9O. The van der Waals surface area contributed by atoms with E-state index in [9.17, 15) is 4.79 Å². The van der Waals surface area contributed by atoms with E-state index >= 15 is 0 Å². The highest BCUT2D eigenvalue weighted by molar-refractivity contribution is 5.76. The maximum Gasteiger partial charge on any atom is 0.243 e. The van der Waals surface area contributed by atoms with Gasteiger partial charge in [-0.2, -0.15) is 9.48 Å². The summed E-state index contributed by atoms with van der Waals surface area (Å²) in [5.41, 5.74) is 1.47. The first kappa shape index (κ1) is 15.4. The van der Waals surface area contributed by atoms with Gasteiger partial charge in [-0.25, -0.2) is 0 Å². The fourth-order valence-corrected chi connectivity index (χ4v) is 3.02. The summed E-state index contributed by atoms with van der Waals surface area (Å²) < 4.78 is 1.53. The second-order valence-electron chi connectivity index (χ2n) is 5.96. The van der Waals surface area contributed by atoms with Crippen molar-refractivity contribution in [3.8, 4) is 17.1 Å². The Kier molecular flexibility index (Phi) is 4.15. The molecule has 0 aliphatic heterocycles. The van der Waals surface area contributed by atoms with Crippen molar-refractivity contribution in [3.63, 3.8) is 0 Å². The monoisotopic (exact) mass is 339 g/mol. The minimum atomic E-state index is -0.0930. The Morgan fingerprint density at radius 1 is 1.20 bits per heavy atom. The Hall–Kier alpha value is -3.17. The molecule has 0 radical (unpaired) electrons. The molecule has 25 heavy (non-hydrogen) atoms. The molecule has 1 aliphatic carbocycles. The smallest absolute Gasteiger partial charge is 0.243 e. The number of carbonyl (C=O) groups is 1. The Morgan fingerprint density at radius 3 is 2.84 bits per heavy atom. The average Bonchev–Trinajstić information content (AvgIpc) is 3.37. The number of hydrogen-bond acceptors (Lipinski definition) is 7. The van der Waals surface area contributed by atoms with E-state index in [-0.39, 0.29) is 18.5 Å². The summed E-state index contributed by atoms with van der Waals surface area (Å²) in [5.74, 6) is 0.323. The van der Waals surface area contributed by atoms with Crippen molar-refractivity contribution in [2.24, 2.45) is 0 Å². The fraction of sp³-hybridized carbons (Fsp3) is 0.400. The first-order valence-corrected chi connectivity index (χ1v) is 8.19. The van der Waals surface area contributed by atoms with Gasteiger partial charge in [0.25, 0.3) is 0 Å². The minimum Gasteiger partial charge on any atom is -0.352 e. The lowest BCUT2D eigenvalue weighted by atomic mass is 10.1. The molecular weight excluding hydrogens is 322 g/mol. The summed E-state index contributed by atoms with van der Waals surface area (Å²) in [6.07, 6.45) is 5.93. The summed E-state index contributed by atoms with van der Waals surface area (Å²) in [6.45, 7) is 0.0521. The molecule has 1 aromatic carbocycles. The third kappa shape index (κ3) is 3.37. The molecule has 0 atom stereocenters. The van der Waals surface area contributed by atoms with E-state index in [0.717, 1.165) is 24.1 Å². The van der Waals surface area contributed by atoms with Crippen molar-refractivity contribution < 1.29 is 4.79 Å². The van der Waals surface area contributed by atoms with Crippen molar-refractivity contribution in [1.82, 2.24) is 45.7 Å². The van der Waals surface area contributed by atoms with Gasteiger partial charge in [-0.05, 0) is 40.6 Å². The number of nitrogens with zero attached hydrogens (tertiary/aromatic N) is 8. The molecule has 0 unspecified atom stereocenters. The predicted molar refractivity (Wildman–Crippen MR) is 86.4 cm³/mol. The molecule has 1 aliphatic rings. The van der Waals surface area contributed by atoms with Crippen LogP contribution in [0.25, 0.3) is 17.1 Å². The molecule has 10 nitrogen and oxygen atoms in total. The number of amides is 1. The highest BCUT2D eigenvalue weighted by Crippen LogP contribution is 2.22. The second-order valence-corrected chi connectivity index (χ2v) is 5.96. The number of rotatable bonds is 5. The van der Waals surface area contributed by atoms with Crippen LogP contribution in [0, 0.1) is 0 Å². The number of tetrazole rings is 2. The van der Waals surface area contributed by atoms with Gasteiger partial charge in [0.2, 0.25) is 11.7 Å². The topological polar surface area (TPSA) is 116 Å². The van der Waals surface area contributed by atoms with Gasteiger partial charge >= 0.3 is 0 Å². The number of aromatic nitrogens is 8. The van der Waals surface area contributed by atoms with Crippen LogP contribution in [0.1, 0.15) is 25.7 Å². The molecule has 4 rings (SSSR count). The number of para-hydroxylation sites is 1. The second kappa shape index (κ2) is 6.75. The molecule has 1 N–H and O–H groups in total. The van der Waals surface area contributed by atoms with Crippen LogP contribution in [-0.4, -0.2) is 52.4 Å². The minimum absolute atomic E-state index is 0.0521. The molecule has 3 aromatic rings. The lowest BCUT2D eigenvalue weighted by Gasteiger charge is -2.10. The van der Waals surface area contributed by atoms with Crippen molar-refractivity contribution in [3.05, 3.63) is 30.6 Å². The van der Waals surface area contributed by atoms with Gasteiger partial charge in [-0.3, -0.25) is 4.79 Å². The maximum atomic E-state index is 12.1. The van der Waals surface area contributed by atoms with Crippen LogP contribution < -0.4 is 5.32 Å². The van der Waals surface area contributed by atoms with E-state index in [1.165, 1.54) is 28.6 Å². The maximum absolute atomic E-state index is 12.1. The predicted octanol–water partition coefficient (Wildman–Crippen LogP) is 0.375. The molecule has 0 bridgehead atoms. The van der Waals surface area contributed by atoms with Crippen LogP contribution in [-0.2, 0) is 11.3 Å². The van der Waals surface area contributed by atoms with Gasteiger partial charge in [0, 0.05) is 11.6 Å². The van der Waals surface area contributed by atoms with E-state index in [2.05, 4.69) is 36.3 Å². The average molecular weight is 339 g/mol. The first-order chi connectivity index (χ1) is 12.3. The summed E-state index contributed by atoms with van der Waals surface area (Å²) >= 11 is 0. The Labute approximate surface area is 143 Å². The van der Waals surface area contributed by atoms with Crippen LogP contribution in [0.15, 0.2) is 30.6 Å².